The number of esters is 2. The zero-order valence-electron chi connectivity index (χ0n) is 27.6. The second-order valence-corrected chi connectivity index (χ2v) is 11.8. The third kappa shape index (κ3) is 8.49. The highest BCUT2D eigenvalue weighted by Crippen LogP contribution is 2.43. The fourth-order valence-corrected chi connectivity index (χ4v) is 6.47. The molecular weight excluding hydrogens is 642 g/mol. The Morgan fingerprint density at radius 3 is 1.86 bits per heavy atom. The summed E-state index contributed by atoms with van der Waals surface area (Å²) >= 11 is 0. The molecule has 0 radical (unpaired) electrons. The average molecular weight is 682 g/mol. The first kappa shape index (κ1) is 35.6. The van der Waals surface area contributed by atoms with Gasteiger partial charge in [0, 0.05) is 49.7 Å². The molecule has 2 aliphatic rings. The summed E-state index contributed by atoms with van der Waals surface area (Å²) in [5, 5.41) is 3.06. The fraction of sp³-hybridized carbons (Fsp3) is 0.351. The summed E-state index contributed by atoms with van der Waals surface area (Å²) < 4.78 is 70.1. The largest absolute Gasteiger partial charge is 0.463 e. The van der Waals surface area contributed by atoms with Gasteiger partial charge in [-0.25, -0.2) is 18.4 Å². The van der Waals surface area contributed by atoms with Crippen molar-refractivity contribution in [1.82, 2.24) is 15.1 Å². The second kappa shape index (κ2) is 16.1. The molecule has 0 saturated carbocycles. The van der Waals surface area contributed by atoms with E-state index in [-0.39, 0.29) is 53.3 Å². The standard InChI is InChI=1S/C37H39F4N3O5/c1-4-47-35(45)31-23(2)42-24(3)32(33(31)29-7-5-6-8-30(29)49-37(40)41)36(46)48-22-21-43-17-19-44(20-18-43)34(25-9-13-27(38)14-10-25)26-11-15-28(39)16-12-26/h5-16,33-34,37,42H,4,17-22H2,1-3H3. The van der Waals surface area contributed by atoms with E-state index in [1.54, 1.807) is 51.1 Å². The van der Waals surface area contributed by atoms with Crippen LogP contribution in [0.3, 0.4) is 0 Å². The van der Waals surface area contributed by atoms with Crippen LogP contribution in [0.5, 0.6) is 5.75 Å². The SMILES string of the molecule is CCOC(=O)C1=C(C)NC(C)=C(C(=O)OCCN2CCN(C(c3ccc(F)cc3)c3ccc(F)cc3)CC2)C1c1ccccc1OC(F)F. The highest BCUT2D eigenvalue weighted by molar-refractivity contribution is 6.00. The Labute approximate surface area is 282 Å². The van der Waals surface area contributed by atoms with Crippen molar-refractivity contribution in [2.45, 2.75) is 39.3 Å². The van der Waals surface area contributed by atoms with Gasteiger partial charge in [0.1, 0.15) is 24.0 Å². The molecule has 1 fully saturated rings. The number of para-hydroxylation sites is 1. The summed E-state index contributed by atoms with van der Waals surface area (Å²) in [5.74, 6) is -3.33. The Kier molecular flexibility index (Phi) is 11.7. The van der Waals surface area contributed by atoms with E-state index >= 15 is 0 Å². The number of piperazine rings is 1. The van der Waals surface area contributed by atoms with Crippen LogP contribution < -0.4 is 10.1 Å². The minimum atomic E-state index is -3.12. The number of carbonyl (C=O) groups is 2. The minimum absolute atomic E-state index is 0.0360. The third-order valence-corrected chi connectivity index (χ3v) is 8.71. The van der Waals surface area contributed by atoms with Gasteiger partial charge >= 0.3 is 18.6 Å². The zero-order chi connectivity index (χ0) is 35.1. The number of nitrogens with zero attached hydrogens (tertiary/aromatic N) is 2. The van der Waals surface area contributed by atoms with E-state index in [1.165, 1.54) is 42.5 Å². The summed E-state index contributed by atoms with van der Waals surface area (Å²) in [4.78, 5) is 31.3. The summed E-state index contributed by atoms with van der Waals surface area (Å²) in [6.07, 6.45) is 0. The third-order valence-electron chi connectivity index (χ3n) is 8.71. The summed E-state index contributed by atoms with van der Waals surface area (Å²) in [6, 6.07) is 18.4. The molecule has 260 valence electrons. The van der Waals surface area contributed by atoms with Crippen LogP contribution in [0.1, 0.15) is 49.4 Å². The average Bonchev–Trinajstić information content (AvgIpc) is 3.07. The lowest BCUT2D eigenvalue weighted by Gasteiger charge is -2.39. The number of ether oxygens (including phenoxy) is 3. The molecular formula is C37H39F4N3O5. The van der Waals surface area contributed by atoms with E-state index in [0.29, 0.717) is 44.1 Å². The monoisotopic (exact) mass is 681 g/mol. The van der Waals surface area contributed by atoms with E-state index in [0.717, 1.165) is 11.1 Å². The molecule has 49 heavy (non-hydrogen) atoms. The summed E-state index contributed by atoms with van der Waals surface area (Å²) in [5.41, 5.74) is 2.99. The molecule has 0 aliphatic carbocycles. The summed E-state index contributed by atoms with van der Waals surface area (Å²) in [6.45, 7) is 4.96. The Morgan fingerprint density at radius 1 is 0.796 bits per heavy atom. The number of rotatable bonds is 12. The van der Waals surface area contributed by atoms with Crippen LogP contribution >= 0.6 is 0 Å². The quantitative estimate of drug-likeness (QED) is 0.176. The molecule has 5 rings (SSSR count). The van der Waals surface area contributed by atoms with Gasteiger partial charge in [-0.05, 0) is 62.2 Å². The molecule has 1 unspecified atom stereocenters. The number of nitrogens with one attached hydrogen (secondary N) is 1. The molecule has 0 amide bonds. The highest BCUT2D eigenvalue weighted by atomic mass is 19.3. The molecule has 3 aromatic rings. The lowest BCUT2D eigenvalue weighted by atomic mass is 9.80. The zero-order valence-corrected chi connectivity index (χ0v) is 27.6. The lowest BCUT2D eigenvalue weighted by Crippen LogP contribution is -2.48. The predicted molar refractivity (Wildman–Crippen MR) is 175 cm³/mol. The molecule has 1 saturated heterocycles. The minimum Gasteiger partial charge on any atom is -0.463 e. The Bertz CT molecular complexity index is 1640. The molecule has 8 nitrogen and oxygen atoms in total. The molecule has 12 heteroatoms. The van der Waals surface area contributed by atoms with Gasteiger partial charge in [0.15, 0.2) is 0 Å². The number of benzene rings is 3. The van der Waals surface area contributed by atoms with Crippen LogP contribution in [0, 0.1) is 11.6 Å². The maximum Gasteiger partial charge on any atom is 0.387 e. The van der Waals surface area contributed by atoms with Crippen molar-refractivity contribution in [1.29, 1.82) is 0 Å². The maximum absolute atomic E-state index is 13.7. The van der Waals surface area contributed by atoms with Crippen molar-refractivity contribution in [3.8, 4) is 5.75 Å². The Hall–Kier alpha value is -4.68. The van der Waals surface area contributed by atoms with Crippen molar-refractivity contribution in [3.05, 3.63) is 124 Å². The Morgan fingerprint density at radius 2 is 1.33 bits per heavy atom. The predicted octanol–water partition coefficient (Wildman–Crippen LogP) is 6.31. The molecule has 0 bridgehead atoms. The van der Waals surface area contributed by atoms with Gasteiger partial charge in [0.25, 0.3) is 0 Å². The van der Waals surface area contributed by atoms with Crippen LogP contribution in [0.2, 0.25) is 0 Å². The number of carbonyl (C=O) groups excluding carboxylic acids is 2. The molecule has 3 aromatic carbocycles. The van der Waals surface area contributed by atoms with Crippen molar-refractivity contribution in [2.24, 2.45) is 0 Å². The van der Waals surface area contributed by atoms with Crippen LogP contribution in [0.4, 0.5) is 17.6 Å². The van der Waals surface area contributed by atoms with E-state index in [1.807, 2.05) is 0 Å². The van der Waals surface area contributed by atoms with Gasteiger partial charge in [-0.15, -0.1) is 0 Å². The van der Waals surface area contributed by atoms with E-state index < -0.39 is 24.5 Å². The van der Waals surface area contributed by atoms with Crippen molar-refractivity contribution >= 4 is 11.9 Å². The smallest absolute Gasteiger partial charge is 0.387 e. The number of allylic oxidation sites excluding steroid dienone is 2. The number of alkyl halides is 2. The van der Waals surface area contributed by atoms with Crippen LogP contribution in [-0.4, -0.2) is 74.3 Å². The van der Waals surface area contributed by atoms with Gasteiger partial charge < -0.3 is 19.5 Å². The van der Waals surface area contributed by atoms with Crippen LogP contribution in [0.25, 0.3) is 0 Å². The number of hydrogen-bond donors (Lipinski definition) is 1. The maximum atomic E-state index is 13.7. The normalized spacial score (nSPS) is 17.4. The first-order valence-corrected chi connectivity index (χ1v) is 16.1. The molecule has 0 spiro atoms. The highest BCUT2D eigenvalue weighted by Gasteiger charge is 2.40. The topological polar surface area (TPSA) is 80.3 Å². The van der Waals surface area contributed by atoms with Crippen molar-refractivity contribution in [2.75, 3.05) is 45.9 Å². The van der Waals surface area contributed by atoms with Crippen molar-refractivity contribution < 1.29 is 41.4 Å². The molecule has 1 atom stereocenters. The van der Waals surface area contributed by atoms with Crippen LogP contribution in [0.15, 0.2) is 95.3 Å². The van der Waals surface area contributed by atoms with Gasteiger partial charge in [-0.1, -0.05) is 42.5 Å². The second-order valence-electron chi connectivity index (χ2n) is 11.8. The Balaban J connectivity index is 1.28. The number of halogens is 4. The first-order valence-electron chi connectivity index (χ1n) is 16.1. The lowest BCUT2D eigenvalue weighted by molar-refractivity contribution is -0.140. The van der Waals surface area contributed by atoms with Gasteiger partial charge in [-0.2, -0.15) is 8.78 Å². The molecule has 1 N–H and O–H groups in total. The van der Waals surface area contributed by atoms with E-state index in [2.05, 4.69) is 15.1 Å². The van der Waals surface area contributed by atoms with E-state index in [9.17, 15) is 27.2 Å². The summed E-state index contributed by atoms with van der Waals surface area (Å²) in [7, 11) is 0. The first-order chi connectivity index (χ1) is 23.6. The van der Waals surface area contributed by atoms with Crippen molar-refractivity contribution in [3.63, 3.8) is 0 Å². The van der Waals surface area contributed by atoms with Gasteiger partial charge in [-0.3, -0.25) is 9.80 Å². The fourth-order valence-electron chi connectivity index (χ4n) is 6.47. The molecule has 2 heterocycles. The molecule has 0 aromatic heterocycles. The van der Waals surface area contributed by atoms with Gasteiger partial charge in [0.2, 0.25) is 0 Å². The van der Waals surface area contributed by atoms with E-state index in [4.69, 9.17) is 14.2 Å². The molecule has 2 aliphatic heterocycles. The number of hydrogen-bond acceptors (Lipinski definition) is 8. The van der Waals surface area contributed by atoms with Crippen LogP contribution in [-0.2, 0) is 19.1 Å². The number of dihydropyridines is 1. The van der Waals surface area contributed by atoms with Gasteiger partial charge in [0.05, 0.1) is 29.7 Å².